The van der Waals surface area contributed by atoms with Gasteiger partial charge in [-0.2, -0.15) is 0 Å². The van der Waals surface area contributed by atoms with Crippen LogP contribution in [0, 0.1) is 23.7 Å². The highest BCUT2D eigenvalue weighted by molar-refractivity contribution is 5.04. The highest BCUT2D eigenvalue weighted by atomic mass is 16.5. The van der Waals surface area contributed by atoms with Gasteiger partial charge in [0.25, 0.3) is 0 Å². The summed E-state index contributed by atoms with van der Waals surface area (Å²) in [5, 5.41) is 0. The normalized spacial score (nSPS) is 55.2. The second-order valence-corrected chi connectivity index (χ2v) is 4.91. The van der Waals surface area contributed by atoms with Gasteiger partial charge in [0.1, 0.15) is 0 Å². The molecule has 3 fully saturated rings. The van der Waals surface area contributed by atoms with Crippen LogP contribution in [-0.4, -0.2) is 12.7 Å². The average molecular weight is 166 g/mol. The maximum absolute atomic E-state index is 5.90. The monoisotopic (exact) mass is 166 g/mol. The van der Waals surface area contributed by atoms with Gasteiger partial charge in [-0.1, -0.05) is 13.3 Å². The summed E-state index contributed by atoms with van der Waals surface area (Å²) in [6.07, 6.45) is 6.44. The van der Waals surface area contributed by atoms with Gasteiger partial charge in [0.15, 0.2) is 0 Å². The second-order valence-electron chi connectivity index (χ2n) is 4.91. The SMILES string of the molecule is CCCC1C2CC3COC1C3C2. The molecular formula is C11H18O. The van der Waals surface area contributed by atoms with Crippen LogP contribution in [0.4, 0.5) is 0 Å². The predicted molar refractivity (Wildman–Crippen MR) is 47.8 cm³/mol. The van der Waals surface area contributed by atoms with Crippen molar-refractivity contribution >= 4 is 0 Å². The molecular weight excluding hydrogens is 148 g/mol. The minimum Gasteiger partial charge on any atom is -0.377 e. The smallest absolute Gasteiger partial charge is 0.0637 e. The van der Waals surface area contributed by atoms with Gasteiger partial charge < -0.3 is 4.74 Å². The molecule has 0 radical (unpaired) electrons. The molecule has 0 aromatic rings. The first-order chi connectivity index (χ1) is 5.90. The second kappa shape index (κ2) is 2.47. The van der Waals surface area contributed by atoms with E-state index in [0.717, 1.165) is 30.3 Å². The lowest BCUT2D eigenvalue weighted by atomic mass is 9.80. The van der Waals surface area contributed by atoms with Crippen LogP contribution in [0.2, 0.25) is 0 Å². The Labute approximate surface area is 74.5 Å². The Morgan fingerprint density at radius 2 is 2.17 bits per heavy atom. The van der Waals surface area contributed by atoms with Gasteiger partial charge in [-0.05, 0) is 42.9 Å². The lowest BCUT2D eigenvalue weighted by Gasteiger charge is -2.26. The molecule has 68 valence electrons. The summed E-state index contributed by atoms with van der Waals surface area (Å²) in [5.41, 5.74) is 0. The molecule has 1 heteroatoms. The largest absolute Gasteiger partial charge is 0.377 e. The van der Waals surface area contributed by atoms with Crippen molar-refractivity contribution in [3.8, 4) is 0 Å². The molecule has 3 aliphatic rings. The Morgan fingerprint density at radius 1 is 1.25 bits per heavy atom. The molecule has 0 aromatic carbocycles. The quantitative estimate of drug-likeness (QED) is 0.612. The average Bonchev–Trinajstić information content (AvgIpc) is 2.61. The third kappa shape index (κ3) is 0.783. The van der Waals surface area contributed by atoms with Crippen molar-refractivity contribution in [2.24, 2.45) is 23.7 Å². The molecule has 0 spiro atoms. The lowest BCUT2D eigenvalue weighted by molar-refractivity contribution is 0.0562. The Hall–Kier alpha value is -0.0400. The fraction of sp³-hybridized carbons (Fsp3) is 1.00. The van der Waals surface area contributed by atoms with Gasteiger partial charge >= 0.3 is 0 Å². The minimum absolute atomic E-state index is 0.689. The molecule has 1 saturated heterocycles. The number of fused-ring (bicyclic) bond motifs is 1. The van der Waals surface area contributed by atoms with Crippen molar-refractivity contribution in [2.45, 2.75) is 38.7 Å². The molecule has 0 aromatic heterocycles. The molecule has 2 saturated carbocycles. The summed E-state index contributed by atoms with van der Waals surface area (Å²) in [6.45, 7) is 3.39. The van der Waals surface area contributed by atoms with Crippen LogP contribution in [0.5, 0.6) is 0 Å². The molecule has 1 heterocycles. The molecule has 12 heavy (non-hydrogen) atoms. The van der Waals surface area contributed by atoms with E-state index in [0.29, 0.717) is 6.10 Å². The topological polar surface area (TPSA) is 9.23 Å². The van der Waals surface area contributed by atoms with E-state index in [1.54, 1.807) is 0 Å². The number of ether oxygens (including phenoxy) is 1. The van der Waals surface area contributed by atoms with Crippen molar-refractivity contribution in [2.75, 3.05) is 6.61 Å². The van der Waals surface area contributed by atoms with E-state index in [4.69, 9.17) is 4.74 Å². The van der Waals surface area contributed by atoms with Gasteiger partial charge in [0.2, 0.25) is 0 Å². The van der Waals surface area contributed by atoms with Crippen LogP contribution >= 0.6 is 0 Å². The highest BCUT2D eigenvalue weighted by Crippen LogP contribution is 2.57. The van der Waals surface area contributed by atoms with Crippen molar-refractivity contribution in [1.82, 2.24) is 0 Å². The van der Waals surface area contributed by atoms with Crippen molar-refractivity contribution in [1.29, 1.82) is 0 Å². The van der Waals surface area contributed by atoms with Crippen molar-refractivity contribution in [3.63, 3.8) is 0 Å². The van der Waals surface area contributed by atoms with E-state index in [1.807, 2.05) is 0 Å². The Kier molecular flexibility index (Phi) is 1.52. The summed E-state index contributed by atoms with van der Waals surface area (Å²) in [5.74, 6) is 3.94. The first-order valence-corrected chi connectivity index (χ1v) is 5.51. The van der Waals surface area contributed by atoms with Gasteiger partial charge in [-0.25, -0.2) is 0 Å². The van der Waals surface area contributed by atoms with Crippen LogP contribution in [0.15, 0.2) is 0 Å². The maximum Gasteiger partial charge on any atom is 0.0637 e. The van der Waals surface area contributed by atoms with Crippen LogP contribution in [0.1, 0.15) is 32.6 Å². The summed E-state index contributed by atoms with van der Waals surface area (Å²) >= 11 is 0. The van der Waals surface area contributed by atoms with Crippen LogP contribution in [-0.2, 0) is 4.74 Å². The van der Waals surface area contributed by atoms with E-state index in [9.17, 15) is 0 Å². The summed E-state index contributed by atoms with van der Waals surface area (Å²) in [6, 6.07) is 0. The molecule has 5 atom stereocenters. The van der Waals surface area contributed by atoms with Gasteiger partial charge in [-0.3, -0.25) is 0 Å². The lowest BCUT2D eigenvalue weighted by Crippen LogP contribution is -2.26. The fourth-order valence-electron chi connectivity index (χ4n) is 3.95. The third-order valence-corrected chi connectivity index (χ3v) is 4.36. The van der Waals surface area contributed by atoms with Crippen LogP contribution in [0.25, 0.3) is 0 Å². The standard InChI is InChI=1S/C11H18O/c1-2-3-9-7-4-8-6-12-11(9)10(8)5-7/h7-11H,2-6H2,1H3. The number of hydrogen-bond acceptors (Lipinski definition) is 1. The summed E-state index contributed by atoms with van der Waals surface area (Å²) < 4.78 is 5.90. The maximum atomic E-state index is 5.90. The molecule has 5 unspecified atom stereocenters. The Balaban J connectivity index is 1.81. The zero-order chi connectivity index (χ0) is 8.13. The number of rotatable bonds is 2. The Bertz CT molecular complexity index is 187. The number of hydrogen-bond donors (Lipinski definition) is 0. The summed E-state index contributed by atoms with van der Waals surface area (Å²) in [4.78, 5) is 0. The first kappa shape index (κ1) is 7.37. The first-order valence-electron chi connectivity index (χ1n) is 5.51. The molecule has 0 amide bonds. The molecule has 1 nitrogen and oxygen atoms in total. The molecule has 2 aliphatic carbocycles. The van der Waals surface area contributed by atoms with Gasteiger partial charge in [0, 0.05) is 0 Å². The van der Waals surface area contributed by atoms with Crippen molar-refractivity contribution in [3.05, 3.63) is 0 Å². The van der Waals surface area contributed by atoms with E-state index in [-0.39, 0.29) is 0 Å². The molecule has 0 N–H and O–H groups in total. The third-order valence-electron chi connectivity index (χ3n) is 4.36. The fourth-order valence-corrected chi connectivity index (χ4v) is 3.95. The minimum atomic E-state index is 0.689. The molecule has 2 bridgehead atoms. The summed E-state index contributed by atoms with van der Waals surface area (Å²) in [7, 11) is 0. The molecule has 1 aliphatic heterocycles. The van der Waals surface area contributed by atoms with Gasteiger partial charge in [0.05, 0.1) is 12.7 Å². The van der Waals surface area contributed by atoms with E-state index in [1.165, 1.54) is 25.7 Å². The van der Waals surface area contributed by atoms with E-state index in [2.05, 4.69) is 6.92 Å². The van der Waals surface area contributed by atoms with Crippen molar-refractivity contribution < 1.29 is 4.74 Å². The zero-order valence-electron chi connectivity index (χ0n) is 7.83. The van der Waals surface area contributed by atoms with Crippen LogP contribution < -0.4 is 0 Å². The highest BCUT2D eigenvalue weighted by Gasteiger charge is 2.56. The van der Waals surface area contributed by atoms with Gasteiger partial charge in [-0.15, -0.1) is 0 Å². The molecule has 3 rings (SSSR count). The Morgan fingerprint density at radius 3 is 3.00 bits per heavy atom. The zero-order valence-corrected chi connectivity index (χ0v) is 7.83. The van der Waals surface area contributed by atoms with E-state index < -0.39 is 0 Å². The van der Waals surface area contributed by atoms with Crippen LogP contribution in [0.3, 0.4) is 0 Å². The predicted octanol–water partition coefficient (Wildman–Crippen LogP) is 2.46. The van der Waals surface area contributed by atoms with E-state index >= 15 is 0 Å².